The van der Waals surface area contributed by atoms with Crippen LogP contribution in [0.3, 0.4) is 0 Å². The van der Waals surface area contributed by atoms with Crippen molar-refractivity contribution in [1.29, 1.82) is 0 Å². The van der Waals surface area contributed by atoms with Crippen molar-refractivity contribution in [2.24, 2.45) is 5.92 Å². The highest BCUT2D eigenvalue weighted by Gasteiger charge is 2.24. The summed E-state index contributed by atoms with van der Waals surface area (Å²) < 4.78 is 23.8. The molecule has 12 heavy (non-hydrogen) atoms. The average molecular weight is 212 g/mol. The number of rotatable bonds is 2. The van der Waals surface area contributed by atoms with E-state index in [4.69, 9.17) is 11.6 Å². The molecule has 1 heterocycles. The first-order chi connectivity index (χ1) is 5.54. The Hall–Kier alpha value is 0.200. The fraction of sp³-hybridized carbons (Fsp3) is 1.00. The first-order valence-electron chi connectivity index (χ1n) is 4.05. The fourth-order valence-electron chi connectivity index (χ4n) is 1.45. The number of hydrogen-bond donors (Lipinski definition) is 0. The largest absolute Gasteiger partial charge is 0.213 e. The molecule has 0 aromatic rings. The van der Waals surface area contributed by atoms with Crippen molar-refractivity contribution in [1.82, 2.24) is 4.31 Å². The molecular weight excluding hydrogens is 198 g/mol. The van der Waals surface area contributed by atoms with E-state index in [2.05, 4.69) is 0 Å². The van der Waals surface area contributed by atoms with Crippen LogP contribution < -0.4 is 0 Å². The molecule has 1 saturated heterocycles. The van der Waals surface area contributed by atoms with Crippen LogP contribution in [0.15, 0.2) is 0 Å². The van der Waals surface area contributed by atoms with Gasteiger partial charge in [-0.25, -0.2) is 12.7 Å². The van der Waals surface area contributed by atoms with E-state index in [1.165, 1.54) is 10.6 Å². The van der Waals surface area contributed by atoms with E-state index in [0.717, 1.165) is 12.8 Å². The van der Waals surface area contributed by atoms with E-state index in [1.807, 2.05) is 0 Å². The third-order valence-corrected chi connectivity index (χ3v) is 3.88. The molecule has 0 aromatic heterocycles. The molecule has 0 amide bonds. The molecule has 0 bridgehead atoms. The van der Waals surface area contributed by atoms with Crippen molar-refractivity contribution in [3.63, 3.8) is 0 Å². The maximum absolute atomic E-state index is 11.1. The molecule has 1 atom stereocenters. The van der Waals surface area contributed by atoms with Crippen LogP contribution in [0.1, 0.15) is 12.8 Å². The lowest BCUT2D eigenvalue weighted by atomic mass is 10.0. The molecule has 0 N–H and O–H groups in total. The SMILES string of the molecule is CS(=O)(=O)N1CCCC(CCl)C1. The zero-order chi connectivity index (χ0) is 9.19. The molecule has 0 aliphatic carbocycles. The van der Waals surface area contributed by atoms with Crippen LogP contribution >= 0.6 is 11.6 Å². The molecule has 1 rings (SSSR count). The molecule has 0 aromatic carbocycles. The van der Waals surface area contributed by atoms with Gasteiger partial charge in [0.2, 0.25) is 10.0 Å². The molecule has 72 valence electrons. The summed E-state index contributed by atoms with van der Waals surface area (Å²) in [5.74, 6) is 0.904. The molecule has 1 aliphatic rings. The summed E-state index contributed by atoms with van der Waals surface area (Å²) in [6.07, 6.45) is 3.24. The Morgan fingerprint density at radius 3 is 2.75 bits per heavy atom. The van der Waals surface area contributed by atoms with Gasteiger partial charge in [0.1, 0.15) is 0 Å². The molecule has 1 unspecified atom stereocenters. The van der Waals surface area contributed by atoms with Crippen LogP contribution in [-0.2, 0) is 10.0 Å². The Labute approximate surface area is 78.7 Å². The number of piperidine rings is 1. The lowest BCUT2D eigenvalue weighted by molar-refractivity contribution is 0.285. The van der Waals surface area contributed by atoms with Crippen molar-refractivity contribution < 1.29 is 8.42 Å². The minimum Gasteiger partial charge on any atom is -0.213 e. The van der Waals surface area contributed by atoms with E-state index in [-0.39, 0.29) is 0 Å². The van der Waals surface area contributed by atoms with Gasteiger partial charge in [-0.15, -0.1) is 11.6 Å². The quantitative estimate of drug-likeness (QED) is 0.637. The highest BCUT2D eigenvalue weighted by molar-refractivity contribution is 7.88. The minimum absolute atomic E-state index is 0.343. The lowest BCUT2D eigenvalue weighted by Crippen LogP contribution is -2.39. The van der Waals surface area contributed by atoms with E-state index in [1.54, 1.807) is 0 Å². The van der Waals surface area contributed by atoms with E-state index in [0.29, 0.717) is 24.9 Å². The van der Waals surface area contributed by atoms with Crippen LogP contribution in [0.4, 0.5) is 0 Å². The average Bonchev–Trinajstić information content (AvgIpc) is 2.03. The Kier molecular flexibility index (Phi) is 3.37. The second-order valence-electron chi connectivity index (χ2n) is 3.28. The van der Waals surface area contributed by atoms with Gasteiger partial charge in [-0.2, -0.15) is 0 Å². The predicted molar refractivity (Wildman–Crippen MR) is 49.9 cm³/mol. The molecule has 0 spiro atoms. The van der Waals surface area contributed by atoms with E-state index in [9.17, 15) is 8.42 Å². The van der Waals surface area contributed by atoms with Gasteiger partial charge in [-0.1, -0.05) is 0 Å². The van der Waals surface area contributed by atoms with Crippen molar-refractivity contribution in [2.75, 3.05) is 25.2 Å². The molecule has 5 heteroatoms. The van der Waals surface area contributed by atoms with Crippen molar-refractivity contribution in [3.05, 3.63) is 0 Å². The third kappa shape index (κ3) is 2.61. The number of hydrogen-bond acceptors (Lipinski definition) is 2. The van der Waals surface area contributed by atoms with Crippen molar-refractivity contribution >= 4 is 21.6 Å². The van der Waals surface area contributed by atoms with Gasteiger partial charge in [-0.3, -0.25) is 0 Å². The smallest absolute Gasteiger partial charge is 0.211 e. The van der Waals surface area contributed by atoms with Crippen LogP contribution in [0.25, 0.3) is 0 Å². The first kappa shape index (κ1) is 10.3. The standard InChI is InChI=1S/C7H14ClNO2S/c1-12(10,11)9-4-2-3-7(5-8)6-9/h7H,2-6H2,1H3. The Morgan fingerprint density at radius 2 is 2.25 bits per heavy atom. The first-order valence-corrected chi connectivity index (χ1v) is 6.43. The Balaban J connectivity index is 2.58. The molecular formula is C7H14ClNO2S. The summed E-state index contributed by atoms with van der Waals surface area (Å²) in [6.45, 7) is 1.26. The van der Waals surface area contributed by atoms with Gasteiger partial charge in [0.15, 0.2) is 0 Å². The fourth-order valence-corrected chi connectivity index (χ4v) is 2.65. The maximum atomic E-state index is 11.1. The number of halogens is 1. The van der Waals surface area contributed by atoms with E-state index < -0.39 is 10.0 Å². The molecule has 1 aliphatic heterocycles. The second kappa shape index (κ2) is 3.94. The highest BCUT2D eigenvalue weighted by Crippen LogP contribution is 2.19. The summed E-state index contributed by atoms with van der Waals surface area (Å²) in [5, 5.41) is 0. The zero-order valence-corrected chi connectivity index (χ0v) is 8.74. The topological polar surface area (TPSA) is 37.4 Å². The number of alkyl halides is 1. The summed E-state index contributed by atoms with van der Waals surface area (Å²) in [4.78, 5) is 0. The molecule has 1 fully saturated rings. The number of sulfonamides is 1. The van der Waals surface area contributed by atoms with Crippen molar-refractivity contribution in [3.8, 4) is 0 Å². The molecule has 3 nitrogen and oxygen atoms in total. The van der Waals surface area contributed by atoms with Gasteiger partial charge < -0.3 is 0 Å². The molecule has 0 saturated carbocycles. The zero-order valence-electron chi connectivity index (χ0n) is 7.16. The maximum Gasteiger partial charge on any atom is 0.211 e. The summed E-state index contributed by atoms with van der Waals surface area (Å²) in [6, 6.07) is 0. The molecule has 0 radical (unpaired) electrons. The van der Waals surface area contributed by atoms with Gasteiger partial charge in [0, 0.05) is 19.0 Å². The summed E-state index contributed by atoms with van der Waals surface area (Å²) in [5.41, 5.74) is 0. The van der Waals surface area contributed by atoms with Crippen LogP contribution in [-0.4, -0.2) is 37.9 Å². The lowest BCUT2D eigenvalue weighted by Gasteiger charge is -2.29. The monoisotopic (exact) mass is 211 g/mol. The second-order valence-corrected chi connectivity index (χ2v) is 5.57. The van der Waals surface area contributed by atoms with Crippen LogP contribution in [0.2, 0.25) is 0 Å². The summed E-state index contributed by atoms with van der Waals surface area (Å²) >= 11 is 5.67. The number of nitrogens with zero attached hydrogens (tertiary/aromatic N) is 1. The predicted octanol–water partition coefficient (Wildman–Crippen LogP) is 0.897. The van der Waals surface area contributed by atoms with Gasteiger partial charge in [-0.05, 0) is 18.8 Å². The Bertz CT molecular complexity index is 240. The third-order valence-electron chi connectivity index (χ3n) is 2.17. The van der Waals surface area contributed by atoms with Gasteiger partial charge in [0.05, 0.1) is 6.26 Å². The van der Waals surface area contributed by atoms with Gasteiger partial charge in [0.25, 0.3) is 0 Å². The minimum atomic E-state index is -2.99. The Morgan fingerprint density at radius 1 is 1.58 bits per heavy atom. The van der Waals surface area contributed by atoms with Crippen LogP contribution in [0.5, 0.6) is 0 Å². The van der Waals surface area contributed by atoms with Gasteiger partial charge >= 0.3 is 0 Å². The van der Waals surface area contributed by atoms with E-state index >= 15 is 0 Å². The van der Waals surface area contributed by atoms with Crippen LogP contribution in [0, 0.1) is 5.92 Å². The summed E-state index contributed by atoms with van der Waals surface area (Å²) in [7, 11) is -2.99. The van der Waals surface area contributed by atoms with Crippen molar-refractivity contribution in [2.45, 2.75) is 12.8 Å². The normalized spacial score (nSPS) is 27.3. The highest BCUT2D eigenvalue weighted by atomic mass is 35.5.